The monoisotopic (exact) mass is 307 g/mol. The first-order valence-corrected chi connectivity index (χ1v) is 6.88. The number of hydrogen-bond donors (Lipinski definition) is 1. The normalized spacial score (nSPS) is 23.7. The summed E-state index contributed by atoms with van der Waals surface area (Å²) in [4.78, 5) is 5.74. The van der Waals surface area contributed by atoms with Gasteiger partial charge < -0.3 is 10.6 Å². The molecule has 1 saturated carbocycles. The maximum Gasteiger partial charge on any atom is 0.417 e. The van der Waals surface area contributed by atoms with Crippen molar-refractivity contribution >= 4 is 17.4 Å². The van der Waals surface area contributed by atoms with Gasteiger partial charge in [-0.3, -0.25) is 0 Å². The molecule has 0 atom stereocenters. The molecule has 0 unspecified atom stereocenters. The summed E-state index contributed by atoms with van der Waals surface area (Å²) in [7, 11) is 1.81. The molecule has 2 N–H and O–H groups in total. The van der Waals surface area contributed by atoms with E-state index < -0.39 is 11.7 Å². The first-order chi connectivity index (χ1) is 9.29. The van der Waals surface area contributed by atoms with Crippen molar-refractivity contribution in [1.29, 1.82) is 0 Å². The number of halogens is 4. The van der Waals surface area contributed by atoms with Crippen LogP contribution in [0.2, 0.25) is 5.02 Å². The Morgan fingerprint density at radius 2 is 1.90 bits per heavy atom. The molecule has 1 aromatic heterocycles. The molecule has 7 heteroatoms. The second-order valence-electron chi connectivity index (χ2n) is 5.21. The van der Waals surface area contributed by atoms with E-state index >= 15 is 0 Å². The Balaban J connectivity index is 2.16. The Morgan fingerprint density at radius 3 is 2.40 bits per heavy atom. The number of nitrogens with two attached hydrogens (primary N) is 1. The standard InChI is InChI=1S/C13H17ClF3N3/c1-20(10-4-2-9(18)3-5-10)12-11(14)6-8(7-19-12)13(15,16)17/h6-7,9-10H,2-5,18H2,1H3. The van der Waals surface area contributed by atoms with Crippen LogP contribution in [0.15, 0.2) is 12.3 Å². The highest BCUT2D eigenvalue weighted by Crippen LogP contribution is 2.34. The second kappa shape index (κ2) is 5.77. The molecule has 1 heterocycles. The summed E-state index contributed by atoms with van der Waals surface area (Å²) >= 11 is 5.95. The third-order valence-corrected chi connectivity index (χ3v) is 4.05. The van der Waals surface area contributed by atoms with E-state index in [2.05, 4.69) is 4.98 Å². The molecule has 1 aliphatic carbocycles. The average Bonchev–Trinajstić information content (AvgIpc) is 2.37. The number of pyridine rings is 1. The first-order valence-electron chi connectivity index (χ1n) is 6.50. The highest BCUT2D eigenvalue weighted by molar-refractivity contribution is 6.33. The lowest BCUT2D eigenvalue weighted by atomic mass is 9.91. The topological polar surface area (TPSA) is 42.2 Å². The van der Waals surface area contributed by atoms with Crippen molar-refractivity contribution < 1.29 is 13.2 Å². The van der Waals surface area contributed by atoms with E-state index in [1.807, 2.05) is 11.9 Å². The molecular weight excluding hydrogens is 291 g/mol. The van der Waals surface area contributed by atoms with E-state index in [0.29, 0.717) is 5.82 Å². The minimum absolute atomic E-state index is 0.0252. The van der Waals surface area contributed by atoms with Crippen LogP contribution in [0.1, 0.15) is 31.2 Å². The zero-order valence-corrected chi connectivity index (χ0v) is 11.9. The number of alkyl halides is 3. The van der Waals surface area contributed by atoms with Gasteiger partial charge in [-0.15, -0.1) is 0 Å². The Labute approximate surface area is 120 Å². The van der Waals surface area contributed by atoms with E-state index in [4.69, 9.17) is 17.3 Å². The van der Waals surface area contributed by atoms with E-state index in [1.165, 1.54) is 0 Å². The minimum Gasteiger partial charge on any atom is -0.355 e. The largest absolute Gasteiger partial charge is 0.417 e. The summed E-state index contributed by atoms with van der Waals surface area (Å²) in [5.41, 5.74) is 5.02. The summed E-state index contributed by atoms with van der Waals surface area (Å²) in [6.07, 6.45) is 0.0194. The third-order valence-electron chi connectivity index (χ3n) is 3.77. The fraction of sp³-hybridized carbons (Fsp3) is 0.615. The van der Waals surface area contributed by atoms with Crippen molar-refractivity contribution in [1.82, 2.24) is 4.98 Å². The van der Waals surface area contributed by atoms with Crippen molar-refractivity contribution in [3.63, 3.8) is 0 Å². The van der Waals surface area contributed by atoms with Gasteiger partial charge in [0.25, 0.3) is 0 Å². The van der Waals surface area contributed by atoms with Crippen LogP contribution in [0.25, 0.3) is 0 Å². The van der Waals surface area contributed by atoms with Gasteiger partial charge in [-0.1, -0.05) is 11.6 Å². The summed E-state index contributed by atoms with van der Waals surface area (Å²) < 4.78 is 37.7. The quantitative estimate of drug-likeness (QED) is 0.910. The minimum atomic E-state index is -4.43. The highest BCUT2D eigenvalue weighted by atomic mass is 35.5. The molecule has 0 amide bonds. The van der Waals surface area contributed by atoms with Crippen molar-refractivity contribution in [2.75, 3.05) is 11.9 Å². The van der Waals surface area contributed by atoms with Crippen LogP contribution in [0.3, 0.4) is 0 Å². The van der Waals surface area contributed by atoms with Crippen molar-refractivity contribution in [3.05, 3.63) is 22.8 Å². The van der Waals surface area contributed by atoms with Gasteiger partial charge in [-0.2, -0.15) is 13.2 Å². The molecular formula is C13H17ClF3N3. The van der Waals surface area contributed by atoms with E-state index in [1.54, 1.807) is 0 Å². The molecule has 0 saturated heterocycles. The first kappa shape index (κ1) is 15.4. The molecule has 1 aromatic rings. The molecule has 112 valence electrons. The van der Waals surface area contributed by atoms with Crippen LogP contribution >= 0.6 is 11.6 Å². The number of hydrogen-bond acceptors (Lipinski definition) is 3. The van der Waals surface area contributed by atoms with Crippen LogP contribution in [0, 0.1) is 0 Å². The number of rotatable bonds is 2. The Morgan fingerprint density at radius 1 is 1.30 bits per heavy atom. The molecule has 0 aromatic carbocycles. The van der Waals surface area contributed by atoms with Crippen LogP contribution in [0.5, 0.6) is 0 Å². The number of nitrogens with zero attached hydrogens (tertiary/aromatic N) is 2. The molecule has 0 aliphatic heterocycles. The highest BCUT2D eigenvalue weighted by Gasteiger charge is 2.32. The third kappa shape index (κ3) is 3.35. The SMILES string of the molecule is CN(c1ncc(C(F)(F)F)cc1Cl)C1CCC(N)CC1. The predicted octanol–water partition coefficient (Wildman–Crippen LogP) is 3.46. The predicted molar refractivity (Wildman–Crippen MR) is 72.9 cm³/mol. The van der Waals surface area contributed by atoms with Gasteiger partial charge >= 0.3 is 6.18 Å². The zero-order chi connectivity index (χ0) is 14.9. The van der Waals surface area contributed by atoms with Gasteiger partial charge in [0, 0.05) is 25.3 Å². The van der Waals surface area contributed by atoms with Gasteiger partial charge in [0.15, 0.2) is 0 Å². The van der Waals surface area contributed by atoms with Gasteiger partial charge in [0.2, 0.25) is 0 Å². The molecule has 3 nitrogen and oxygen atoms in total. The maximum absolute atomic E-state index is 12.6. The summed E-state index contributed by atoms with van der Waals surface area (Å²) in [5.74, 6) is 0.389. The molecule has 2 rings (SSSR count). The van der Waals surface area contributed by atoms with Gasteiger partial charge in [-0.25, -0.2) is 4.98 Å². The summed E-state index contributed by atoms with van der Waals surface area (Å²) in [6, 6.07) is 1.36. The smallest absolute Gasteiger partial charge is 0.355 e. The Hall–Kier alpha value is -1.01. The Bertz CT molecular complexity index is 470. The number of aromatic nitrogens is 1. The lowest BCUT2D eigenvalue weighted by Gasteiger charge is -2.34. The molecule has 20 heavy (non-hydrogen) atoms. The van der Waals surface area contributed by atoms with Gasteiger partial charge in [0.1, 0.15) is 5.82 Å². The van der Waals surface area contributed by atoms with E-state index in [-0.39, 0.29) is 17.1 Å². The summed E-state index contributed by atoms with van der Waals surface area (Å²) in [5, 5.41) is 0.0252. The average molecular weight is 308 g/mol. The molecule has 1 aliphatic rings. The van der Waals surface area contributed by atoms with Crippen molar-refractivity contribution in [2.24, 2.45) is 5.73 Å². The van der Waals surface area contributed by atoms with Gasteiger partial charge in [-0.05, 0) is 31.7 Å². The molecule has 0 spiro atoms. The molecule has 1 fully saturated rings. The molecule has 0 radical (unpaired) electrons. The van der Waals surface area contributed by atoms with E-state index in [9.17, 15) is 13.2 Å². The van der Waals surface area contributed by atoms with Crippen molar-refractivity contribution in [2.45, 2.75) is 43.9 Å². The van der Waals surface area contributed by atoms with E-state index in [0.717, 1.165) is 37.9 Å². The fourth-order valence-corrected chi connectivity index (χ4v) is 2.81. The molecule has 0 bridgehead atoms. The second-order valence-corrected chi connectivity index (χ2v) is 5.61. The lowest BCUT2D eigenvalue weighted by Crippen LogP contribution is -2.39. The van der Waals surface area contributed by atoms with Crippen LogP contribution in [-0.2, 0) is 6.18 Å². The number of anilines is 1. The lowest BCUT2D eigenvalue weighted by molar-refractivity contribution is -0.137. The maximum atomic E-state index is 12.6. The van der Waals surface area contributed by atoms with Crippen LogP contribution < -0.4 is 10.6 Å². The van der Waals surface area contributed by atoms with Crippen LogP contribution in [0.4, 0.5) is 19.0 Å². The fourth-order valence-electron chi connectivity index (χ4n) is 2.51. The Kier molecular flexibility index (Phi) is 4.44. The zero-order valence-electron chi connectivity index (χ0n) is 11.1. The van der Waals surface area contributed by atoms with Crippen LogP contribution in [-0.4, -0.2) is 24.1 Å². The van der Waals surface area contributed by atoms with Gasteiger partial charge in [0.05, 0.1) is 10.6 Å². The van der Waals surface area contributed by atoms with Crippen molar-refractivity contribution in [3.8, 4) is 0 Å². The summed E-state index contributed by atoms with van der Waals surface area (Å²) in [6.45, 7) is 0.